The van der Waals surface area contributed by atoms with Gasteiger partial charge in [-0.3, -0.25) is 0 Å². The molecule has 1 aromatic heterocycles. The summed E-state index contributed by atoms with van der Waals surface area (Å²) in [6.07, 6.45) is 2.01. The largest absolute Gasteiger partial charge is 0.356 e. The monoisotopic (exact) mass is 344 g/mol. The Morgan fingerprint density at radius 1 is 0.885 bits per heavy atom. The summed E-state index contributed by atoms with van der Waals surface area (Å²) >= 11 is 0. The maximum absolute atomic E-state index is 6.07. The first kappa shape index (κ1) is 16.7. The summed E-state index contributed by atoms with van der Waals surface area (Å²) in [4.78, 5) is 12.1. The number of nitrogens with two attached hydrogens (primary N) is 1. The first-order chi connectivity index (χ1) is 12.7. The summed E-state index contributed by atoms with van der Waals surface area (Å²) < 4.78 is 0. The Kier molecular flexibility index (Phi) is 4.67. The number of benzene rings is 2. The smallest absolute Gasteiger partial charge is 0.162 e. The van der Waals surface area contributed by atoms with Crippen LogP contribution in [-0.4, -0.2) is 29.1 Å². The van der Waals surface area contributed by atoms with Gasteiger partial charge in [0.1, 0.15) is 5.82 Å². The van der Waals surface area contributed by atoms with Gasteiger partial charge in [-0.2, -0.15) is 0 Å². The molecule has 1 fully saturated rings. The molecule has 0 atom stereocenters. The number of nitrogens with zero attached hydrogens (tertiary/aromatic N) is 3. The van der Waals surface area contributed by atoms with Crippen LogP contribution in [0.25, 0.3) is 22.6 Å². The van der Waals surface area contributed by atoms with Gasteiger partial charge in [-0.25, -0.2) is 9.97 Å². The van der Waals surface area contributed by atoms with Gasteiger partial charge >= 0.3 is 0 Å². The van der Waals surface area contributed by atoms with Crippen LogP contribution in [0.5, 0.6) is 0 Å². The van der Waals surface area contributed by atoms with E-state index in [4.69, 9.17) is 15.7 Å². The zero-order chi connectivity index (χ0) is 17.9. The van der Waals surface area contributed by atoms with Crippen LogP contribution in [-0.2, 0) is 0 Å². The van der Waals surface area contributed by atoms with E-state index in [0.717, 1.165) is 54.4 Å². The zero-order valence-corrected chi connectivity index (χ0v) is 15.1. The van der Waals surface area contributed by atoms with Crippen molar-refractivity contribution in [1.29, 1.82) is 0 Å². The predicted octanol–water partition coefficient (Wildman–Crippen LogP) is 4.05. The molecule has 4 rings (SSSR count). The molecule has 2 heterocycles. The van der Waals surface area contributed by atoms with Crippen molar-refractivity contribution in [3.05, 3.63) is 66.2 Å². The molecule has 3 aromatic rings. The molecule has 1 aliphatic heterocycles. The summed E-state index contributed by atoms with van der Waals surface area (Å²) in [5, 5.41) is 0. The van der Waals surface area contributed by atoms with E-state index in [2.05, 4.69) is 54.3 Å². The molecule has 26 heavy (non-hydrogen) atoms. The number of hydrogen-bond acceptors (Lipinski definition) is 4. The van der Waals surface area contributed by atoms with Crippen LogP contribution in [0.3, 0.4) is 0 Å². The molecule has 4 heteroatoms. The average molecular weight is 344 g/mol. The second-order valence-electron chi connectivity index (χ2n) is 6.99. The maximum Gasteiger partial charge on any atom is 0.162 e. The molecule has 1 aliphatic rings. The summed E-state index contributed by atoms with van der Waals surface area (Å²) in [5.74, 6) is 1.76. The summed E-state index contributed by atoms with van der Waals surface area (Å²) in [7, 11) is 0. The highest BCUT2D eigenvalue weighted by molar-refractivity contribution is 5.68. The molecular weight excluding hydrogens is 320 g/mol. The summed E-state index contributed by atoms with van der Waals surface area (Å²) in [6, 6.07) is 21.1. The SMILES string of the molecule is Cc1ccc(-c2nc(-c3ccccc3)cc(N3CCC(N)CC3)n2)cc1. The van der Waals surface area contributed by atoms with Crippen molar-refractivity contribution in [3.63, 3.8) is 0 Å². The fourth-order valence-electron chi connectivity index (χ4n) is 3.31. The van der Waals surface area contributed by atoms with Crippen LogP contribution in [0.4, 0.5) is 5.82 Å². The standard InChI is InChI=1S/C22H24N4/c1-16-7-9-18(10-8-16)22-24-20(17-5-3-2-4-6-17)15-21(25-22)26-13-11-19(23)12-14-26/h2-10,15,19H,11-14,23H2,1H3. The van der Waals surface area contributed by atoms with Crippen LogP contribution >= 0.6 is 0 Å². The van der Waals surface area contributed by atoms with Crippen molar-refractivity contribution in [1.82, 2.24) is 9.97 Å². The van der Waals surface area contributed by atoms with Crippen LogP contribution < -0.4 is 10.6 Å². The molecule has 0 amide bonds. The van der Waals surface area contributed by atoms with Crippen molar-refractivity contribution in [2.75, 3.05) is 18.0 Å². The molecule has 132 valence electrons. The molecule has 0 radical (unpaired) electrons. The van der Waals surface area contributed by atoms with Gasteiger partial charge in [-0.15, -0.1) is 0 Å². The van der Waals surface area contributed by atoms with Gasteiger partial charge in [-0.05, 0) is 19.8 Å². The lowest BCUT2D eigenvalue weighted by Gasteiger charge is -2.31. The molecule has 0 spiro atoms. The Morgan fingerprint density at radius 2 is 1.58 bits per heavy atom. The van der Waals surface area contributed by atoms with Crippen LogP contribution in [0.1, 0.15) is 18.4 Å². The van der Waals surface area contributed by atoms with Gasteiger partial charge in [0, 0.05) is 36.3 Å². The maximum atomic E-state index is 6.07. The van der Waals surface area contributed by atoms with Gasteiger partial charge in [0.15, 0.2) is 5.82 Å². The Balaban J connectivity index is 1.78. The highest BCUT2D eigenvalue weighted by atomic mass is 15.2. The second-order valence-corrected chi connectivity index (χ2v) is 6.99. The molecule has 4 nitrogen and oxygen atoms in total. The molecule has 2 aromatic carbocycles. The van der Waals surface area contributed by atoms with E-state index in [9.17, 15) is 0 Å². The lowest BCUT2D eigenvalue weighted by Crippen LogP contribution is -2.40. The van der Waals surface area contributed by atoms with Crippen molar-refractivity contribution in [2.45, 2.75) is 25.8 Å². The highest BCUT2D eigenvalue weighted by Gasteiger charge is 2.19. The van der Waals surface area contributed by atoms with Crippen LogP contribution in [0.15, 0.2) is 60.7 Å². The van der Waals surface area contributed by atoms with Crippen LogP contribution in [0, 0.1) is 6.92 Å². The van der Waals surface area contributed by atoms with E-state index in [0.29, 0.717) is 6.04 Å². The number of aromatic nitrogens is 2. The molecule has 0 bridgehead atoms. The quantitative estimate of drug-likeness (QED) is 0.779. The fourth-order valence-corrected chi connectivity index (χ4v) is 3.31. The lowest BCUT2D eigenvalue weighted by molar-refractivity contribution is 0.498. The third-order valence-corrected chi connectivity index (χ3v) is 4.96. The minimum Gasteiger partial charge on any atom is -0.356 e. The molecule has 1 saturated heterocycles. The van der Waals surface area contributed by atoms with Crippen molar-refractivity contribution in [2.24, 2.45) is 5.73 Å². The van der Waals surface area contributed by atoms with Crippen molar-refractivity contribution in [3.8, 4) is 22.6 Å². The van der Waals surface area contributed by atoms with E-state index in [-0.39, 0.29) is 0 Å². The Morgan fingerprint density at radius 3 is 2.27 bits per heavy atom. The van der Waals surface area contributed by atoms with E-state index < -0.39 is 0 Å². The Hall–Kier alpha value is -2.72. The van der Waals surface area contributed by atoms with Crippen molar-refractivity contribution < 1.29 is 0 Å². The summed E-state index contributed by atoms with van der Waals surface area (Å²) in [6.45, 7) is 3.98. The number of piperidine rings is 1. The molecular formula is C22H24N4. The molecule has 0 saturated carbocycles. The third kappa shape index (κ3) is 3.60. The van der Waals surface area contributed by atoms with E-state index in [1.165, 1.54) is 5.56 Å². The molecule has 2 N–H and O–H groups in total. The average Bonchev–Trinajstić information content (AvgIpc) is 2.69. The fraction of sp³-hybridized carbons (Fsp3) is 0.273. The van der Waals surface area contributed by atoms with E-state index >= 15 is 0 Å². The molecule has 0 aliphatic carbocycles. The first-order valence-corrected chi connectivity index (χ1v) is 9.21. The molecule has 0 unspecified atom stereocenters. The number of aryl methyl sites for hydroxylation is 1. The van der Waals surface area contributed by atoms with Gasteiger partial charge in [0.25, 0.3) is 0 Å². The Labute approximate surface area is 154 Å². The van der Waals surface area contributed by atoms with E-state index in [1.807, 2.05) is 18.2 Å². The zero-order valence-electron chi connectivity index (χ0n) is 15.1. The van der Waals surface area contributed by atoms with Gasteiger partial charge < -0.3 is 10.6 Å². The minimum absolute atomic E-state index is 0.304. The first-order valence-electron chi connectivity index (χ1n) is 9.21. The van der Waals surface area contributed by atoms with Gasteiger partial charge in [0.2, 0.25) is 0 Å². The number of hydrogen-bond donors (Lipinski definition) is 1. The van der Waals surface area contributed by atoms with Gasteiger partial charge in [-0.1, -0.05) is 60.2 Å². The predicted molar refractivity (Wildman–Crippen MR) is 107 cm³/mol. The normalized spacial score (nSPS) is 15.2. The minimum atomic E-state index is 0.304. The second kappa shape index (κ2) is 7.26. The highest BCUT2D eigenvalue weighted by Crippen LogP contribution is 2.27. The Bertz CT molecular complexity index is 866. The van der Waals surface area contributed by atoms with Gasteiger partial charge in [0.05, 0.1) is 5.69 Å². The number of anilines is 1. The van der Waals surface area contributed by atoms with Crippen molar-refractivity contribution >= 4 is 5.82 Å². The lowest BCUT2D eigenvalue weighted by atomic mass is 10.1. The topological polar surface area (TPSA) is 55.0 Å². The van der Waals surface area contributed by atoms with E-state index in [1.54, 1.807) is 0 Å². The van der Waals surface area contributed by atoms with Crippen LogP contribution in [0.2, 0.25) is 0 Å². The third-order valence-electron chi connectivity index (χ3n) is 4.96. The summed E-state index contributed by atoms with van der Waals surface area (Å²) in [5.41, 5.74) is 10.4. The number of rotatable bonds is 3.